The minimum atomic E-state index is 0.00152. The van der Waals surface area contributed by atoms with E-state index in [4.69, 9.17) is 4.74 Å². The molecule has 2 heterocycles. The number of nitrogens with zero attached hydrogens (tertiary/aromatic N) is 2. The number of H-pyrrole nitrogens is 1. The molecule has 0 saturated heterocycles. The zero-order valence-corrected chi connectivity index (χ0v) is 12.9. The number of fused-ring (bicyclic) bond motifs is 1. The molecule has 0 bridgehead atoms. The maximum absolute atomic E-state index is 5.51. The number of nitrogens with one attached hydrogen (secondary N) is 1. The van der Waals surface area contributed by atoms with Crippen molar-refractivity contribution in [3.63, 3.8) is 0 Å². The van der Waals surface area contributed by atoms with Gasteiger partial charge in [0.05, 0.1) is 23.0 Å². The van der Waals surface area contributed by atoms with Crippen LogP contribution in [0.1, 0.15) is 29.5 Å². The van der Waals surface area contributed by atoms with Crippen molar-refractivity contribution in [2.45, 2.75) is 19.4 Å². The highest BCUT2D eigenvalue weighted by atomic mass is 16.5. The van der Waals surface area contributed by atoms with Crippen molar-refractivity contribution in [1.82, 2.24) is 9.97 Å². The zero-order chi connectivity index (χ0) is 15.6. The number of aryl methyl sites for hydroxylation is 1. The second kappa shape index (κ2) is 5.72. The highest BCUT2D eigenvalue weighted by Crippen LogP contribution is 2.27. The lowest BCUT2D eigenvalue weighted by atomic mass is 10.1. The first kappa shape index (κ1) is 13.8. The Hall–Kier alpha value is -2.88. The lowest BCUT2D eigenvalue weighted by Gasteiger charge is -2.04. The molecule has 0 saturated carbocycles. The molecule has 0 aliphatic carbocycles. The number of ether oxygens (including phenoxy) is 1. The lowest BCUT2D eigenvalue weighted by molar-refractivity contribution is 0.165. The van der Waals surface area contributed by atoms with E-state index in [1.807, 2.05) is 42.6 Å². The summed E-state index contributed by atoms with van der Waals surface area (Å²) >= 11 is 0. The number of hydrogen-bond donors (Lipinski definition) is 1. The summed E-state index contributed by atoms with van der Waals surface area (Å²) in [6.07, 6.45) is 6.49. The molecule has 1 aliphatic heterocycles. The lowest BCUT2D eigenvalue weighted by Crippen LogP contribution is -1.97. The van der Waals surface area contributed by atoms with Crippen LogP contribution in [0.15, 0.2) is 59.8 Å². The van der Waals surface area contributed by atoms with Gasteiger partial charge in [0, 0.05) is 12.6 Å². The van der Waals surface area contributed by atoms with E-state index >= 15 is 0 Å². The summed E-state index contributed by atoms with van der Waals surface area (Å²) < 4.78 is 5.51. The molecule has 4 heteroatoms. The van der Waals surface area contributed by atoms with Crippen LogP contribution in [-0.2, 0) is 4.74 Å². The number of imidazole rings is 1. The third-order valence-corrected chi connectivity index (χ3v) is 3.88. The Bertz CT molecular complexity index is 900. The highest BCUT2D eigenvalue weighted by molar-refractivity contribution is 5.84. The molecule has 114 valence electrons. The molecule has 0 spiro atoms. The van der Waals surface area contributed by atoms with Crippen molar-refractivity contribution in [2.75, 3.05) is 0 Å². The zero-order valence-electron chi connectivity index (χ0n) is 12.9. The standard InChI is InChI=1S/C19H17N3O/c1-13-4-2-5-14(10-13)12-20-15-7-8-16-17(11-15)22-19(21-16)18-6-3-9-23-18/h2-5,7-12,18H,6H2,1H3,(H,21,22). The van der Waals surface area contributed by atoms with E-state index in [1.54, 1.807) is 6.26 Å². The van der Waals surface area contributed by atoms with Crippen molar-refractivity contribution in [2.24, 2.45) is 4.99 Å². The van der Waals surface area contributed by atoms with Gasteiger partial charge in [-0.25, -0.2) is 4.98 Å². The minimum absolute atomic E-state index is 0.00152. The summed E-state index contributed by atoms with van der Waals surface area (Å²) in [4.78, 5) is 12.5. The number of rotatable bonds is 3. The topological polar surface area (TPSA) is 50.3 Å². The van der Waals surface area contributed by atoms with Crippen LogP contribution in [-0.4, -0.2) is 16.2 Å². The molecule has 1 atom stereocenters. The van der Waals surface area contributed by atoms with Crippen molar-refractivity contribution < 1.29 is 4.74 Å². The van der Waals surface area contributed by atoms with Crippen LogP contribution in [0.2, 0.25) is 0 Å². The molecule has 4 nitrogen and oxygen atoms in total. The maximum atomic E-state index is 5.51. The van der Waals surface area contributed by atoms with Crippen LogP contribution >= 0.6 is 0 Å². The number of aromatic amines is 1. The van der Waals surface area contributed by atoms with Crippen LogP contribution in [0.3, 0.4) is 0 Å². The van der Waals surface area contributed by atoms with Gasteiger partial charge in [0.2, 0.25) is 0 Å². The molecule has 0 fully saturated rings. The fraction of sp³-hybridized carbons (Fsp3) is 0.158. The fourth-order valence-corrected chi connectivity index (χ4v) is 2.71. The van der Waals surface area contributed by atoms with Gasteiger partial charge < -0.3 is 9.72 Å². The predicted molar refractivity (Wildman–Crippen MR) is 92.1 cm³/mol. The quantitative estimate of drug-likeness (QED) is 0.719. The van der Waals surface area contributed by atoms with E-state index in [0.29, 0.717) is 0 Å². The monoisotopic (exact) mass is 303 g/mol. The van der Waals surface area contributed by atoms with E-state index in [9.17, 15) is 0 Å². The van der Waals surface area contributed by atoms with Gasteiger partial charge in [-0.15, -0.1) is 0 Å². The summed E-state index contributed by atoms with van der Waals surface area (Å²) in [6, 6.07) is 14.3. The van der Waals surface area contributed by atoms with Crippen LogP contribution in [0, 0.1) is 6.92 Å². The van der Waals surface area contributed by atoms with Gasteiger partial charge in [-0.3, -0.25) is 4.99 Å². The molecular weight excluding hydrogens is 286 g/mol. The Morgan fingerprint density at radius 3 is 3.04 bits per heavy atom. The van der Waals surface area contributed by atoms with Crippen molar-refractivity contribution in [3.8, 4) is 0 Å². The van der Waals surface area contributed by atoms with E-state index < -0.39 is 0 Å². The number of benzene rings is 2. The molecule has 1 aromatic heterocycles. The van der Waals surface area contributed by atoms with Gasteiger partial charge in [0.15, 0.2) is 6.10 Å². The molecule has 1 N–H and O–H groups in total. The van der Waals surface area contributed by atoms with E-state index in [2.05, 4.69) is 34.0 Å². The van der Waals surface area contributed by atoms with Crippen molar-refractivity contribution in [1.29, 1.82) is 0 Å². The largest absolute Gasteiger partial charge is 0.490 e. The average Bonchev–Trinajstić information content (AvgIpc) is 3.21. The molecule has 3 aromatic rings. The molecule has 0 amide bonds. The number of aliphatic imine (C=N–C) groups is 1. The Morgan fingerprint density at radius 2 is 2.22 bits per heavy atom. The Balaban J connectivity index is 1.61. The van der Waals surface area contributed by atoms with E-state index in [-0.39, 0.29) is 6.10 Å². The maximum Gasteiger partial charge on any atom is 0.159 e. The van der Waals surface area contributed by atoms with Gasteiger partial charge in [-0.05, 0) is 36.8 Å². The summed E-state index contributed by atoms with van der Waals surface area (Å²) in [7, 11) is 0. The number of hydrogen-bond acceptors (Lipinski definition) is 3. The Kier molecular flexibility index (Phi) is 3.42. The van der Waals surface area contributed by atoms with E-state index in [0.717, 1.165) is 34.5 Å². The second-order valence-electron chi connectivity index (χ2n) is 5.73. The third-order valence-electron chi connectivity index (χ3n) is 3.88. The van der Waals surface area contributed by atoms with Crippen LogP contribution in [0.5, 0.6) is 0 Å². The molecule has 2 aromatic carbocycles. The normalized spacial score (nSPS) is 17.2. The summed E-state index contributed by atoms with van der Waals surface area (Å²) in [5, 5.41) is 0. The SMILES string of the molecule is Cc1cccc(C=Nc2ccc3nc(C4CC=CO4)[nH]c3c2)c1. The molecule has 0 radical (unpaired) electrons. The summed E-state index contributed by atoms with van der Waals surface area (Å²) in [5.74, 6) is 0.866. The summed E-state index contributed by atoms with van der Waals surface area (Å²) in [6.45, 7) is 2.08. The van der Waals surface area contributed by atoms with Gasteiger partial charge in [0.25, 0.3) is 0 Å². The first-order valence-electron chi connectivity index (χ1n) is 7.69. The molecule has 4 rings (SSSR count). The molecule has 1 aliphatic rings. The van der Waals surface area contributed by atoms with Gasteiger partial charge in [-0.1, -0.05) is 29.8 Å². The average molecular weight is 303 g/mol. The smallest absolute Gasteiger partial charge is 0.159 e. The van der Waals surface area contributed by atoms with Crippen LogP contribution < -0.4 is 0 Å². The van der Waals surface area contributed by atoms with Gasteiger partial charge in [-0.2, -0.15) is 0 Å². The van der Waals surface area contributed by atoms with Crippen molar-refractivity contribution in [3.05, 3.63) is 71.8 Å². The highest BCUT2D eigenvalue weighted by Gasteiger charge is 2.18. The predicted octanol–water partition coefficient (Wildman–Crippen LogP) is 4.60. The molecule has 1 unspecified atom stereocenters. The van der Waals surface area contributed by atoms with Crippen LogP contribution in [0.25, 0.3) is 11.0 Å². The second-order valence-corrected chi connectivity index (χ2v) is 5.73. The van der Waals surface area contributed by atoms with Gasteiger partial charge >= 0.3 is 0 Å². The van der Waals surface area contributed by atoms with E-state index in [1.165, 1.54) is 5.56 Å². The third kappa shape index (κ3) is 2.88. The summed E-state index contributed by atoms with van der Waals surface area (Å²) in [5.41, 5.74) is 5.15. The first-order valence-corrected chi connectivity index (χ1v) is 7.69. The van der Waals surface area contributed by atoms with Crippen molar-refractivity contribution >= 4 is 22.9 Å². The van der Waals surface area contributed by atoms with Crippen LogP contribution in [0.4, 0.5) is 5.69 Å². The fourth-order valence-electron chi connectivity index (χ4n) is 2.71. The van der Waals surface area contributed by atoms with Gasteiger partial charge in [0.1, 0.15) is 5.82 Å². The minimum Gasteiger partial charge on any atom is -0.490 e. The molecule has 23 heavy (non-hydrogen) atoms. The Labute approximate surface area is 134 Å². The first-order chi connectivity index (χ1) is 11.3. The molecular formula is C19H17N3O. The number of aromatic nitrogens is 2. The Morgan fingerprint density at radius 1 is 1.26 bits per heavy atom.